The molecule has 0 radical (unpaired) electrons. The fraction of sp³-hybridized carbons (Fsp3) is 1.00. The number of likely N-dealkylation sites (tertiary alicyclic amines) is 1. The van der Waals surface area contributed by atoms with Gasteiger partial charge in [-0.15, -0.1) is 12.4 Å². The maximum atomic E-state index is 5.85. The molecule has 2 rings (SSSR count). The molecule has 2 aliphatic rings. The monoisotopic (exact) mass is 220 g/mol. The molecule has 0 amide bonds. The van der Waals surface area contributed by atoms with E-state index in [2.05, 4.69) is 31.1 Å². The lowest BCUT2D eigenvalue weighted by Crippen LogP contribution is -2.54. The van der Waals surface area contributed by atoms with E-state index in [1.165, 1.54) is 19.4 Å². The predicted molar refractivity (Wildman–Crippen MR) is 59.9 cm³/mol. The van der Waals surface area contributed by atoms with Crippen molar-refractivity contribution in [3.8, 4) is 0 Å². The van der Waals surface area contributed by atoms with Gasteiger partial charge >= 0.3 is 0 Å². The van der Waals surface area contributed by atoms with Gasteiger partial charge in [0.15, 0.2) is 0 Å². The van der Waals surface area contributed by atoms with Crippen molar-refractivity contribution in [3.05, 3.63) is 0 Å². The Morgan fingerprint density at radius 1 is 1.50 bits per heavy atom. The Balaban J connectivity index is 0.000000980. The van der Waals surface area contributed by atoms with Crippen molar-refractivity contribution in [3.63, 3.8) is 0 Å². The van der Waals surface area contributed by atoms with E-state index in [0.717, 1.165) is 6.61 Å². The molecule has 3 nitrogen and oxygen atoms in total. The number of nitrogens with zero attached hydrogens (tertiary/aromatic N) is 1. The van der Waals surface area contributed by atoms with Gasteiger partial charge in [0.1, 0.15) is 5.72 Å². The van der Waals surface area contributed by atoms with Gasteiger partial charge in [-0.05, 0) is 40.3 Å². The normalized spacial score (nSPS) is 43.9. The van der Waals surface area contributed by atoms with Crippen molar-refractivity contribution in [1.29, 1.82) is 0 Å². The van der Waals surface area contributed by atoms with Crippen molar-refractivity contribution >= 4 is 12.4 Å². The summed E-state index contributed by atoms with van der Waals surface area (Å²) in [5, 5.41) is 3.54. The van der Waals surface area contributed by atoms with E-state index in [0.29, 0.717) is 12.1 Å². The Morgan fingerprint density at radius 2 is 2.21 bits per heavy atom. The van der Waals surface area contributed by atoms with Crippen LogP contribution in [0.4, 0.5) is 0 Å². The average Bonchev–Trinajstić information content (AvgIpc) is 2.59. The number of hydrogen-bond donors (Lipinski definition) is 1. The SMILES string of the molecule is CC1COC(C)(C2CCCN2C)N1.Cl. The Hall–Kier alpha value is 0.170. The number of halogens is 1. The van der Waals surface area contributed by atoms with E-state index in [4.69, 9.17) is 4.74 Å². The van der Waals surface area contributed by atoms with Gasteiger partial charge in [-0.2, -0.15) is 0 Å². The fourth-order valence-corrected chi connectivity index (χ4v) is 2.67. The highest BCUT2D eigenvalue weighted by molar-refractivity contribution is 5.85. The van der Waals surface area contributed by atoms with Crippen LogP contribution >= 0.6 is 12.4 Å². The number of likely N-dealkylation sites (N-methyl/N-ethyl adjacent to an activating group) is 1. The minimum atomic E-state index is -0.106. The summed E-state index contributed by atoms with van der Waals surface area (Å²) >= 11 is 0. The molecular formula is C10H21ClN2O. The van der Waals surface area contributed by atoms with Gasteiger partial charge < -0.3 is 4.74 Å². The second-order valence-electron chi connectivity index (χ2n) is 4.60. The summed E-state index contributed by atoms with van der Waals surface area (Å²) in [5.41, 5.74) is -0.106. The lowest BCUT2D eigenvalue weighted by Gasteiger charge is -2.35. The van der Waals surface area contributed by atoms with Crippen LogP contribution in [0, 0.1) is 0 Å². The predicted octanol–water partition coefficient (Wildman–Crippen LogP) is 1.23. The topological polar surface area (TPSA) is 24.5 Å². The zero-order chi connectivity index (χ0) is 9.47. The zero-order valence-corrected chi connectivity index (χ0v) is 10.1. The van der Waals surface area contributed by atoms with Gasteiger partial charge in [-0.1, -0.05) is 0 Å². The van der Waals surface area contributed by atoms with E-state index in [9.17, 15) is 0 Å². The van der Waals surface area contributed by atoms with Gasteiger partial charge in [-0.25, -0.2) is 0 Å². The first-order chi connectivity index (χ1) is 6.12. The fourth-order valence-electron chi connectivity index (χ4n) is 2.67. The molecule has 3 atom stereocenters. The van der Waals surface area contributed by atoms with E-state index in [-0.39, 0.29) is 18.1 Å². The van der Waals surface area contributed by atoms with E-state index in [1.54, 1.807) is 0 Å². The molecule has 2 saturated heterocycles. The zero-order valence-electron chi connectivity index (χ0n) is 9.25. The second-order valence-corrected chi connectivity index (χ2v) is 4.60. The molecule has 0 aromatic heterocycles. The minimum absolute atomic E-state index is 0. The van der Waals surface area contributed by atoms with Crippen molar-refractivity contribution in [2.24, 2.45) is 0 Å². The maximum absolute atomic E-state index is 5.85. The summed E-state index contributed by atoms with van der Waals surface area (Å²) < 4.78 is 5.85. The Kier molecular flexibility index (Phi) is 3.81. The van der Waals surface area contributed by atoms with Crippen molar-refractivity contribution in [2.45, 2.75) is 44.5 Å². The van der Waals surface area contributed by atoms with Gasteiger partial charge in [-0.3, -0.25) is 10.2 Å². The summed E-state index contributed by atoms with van der Waals surface area (Å²) in [4.78, 5) is 2.41. The lowest BCUT2D eigenvalue weighted by molar-refractivity contribution is -0.0482. The smallest absolute Gasteiger partial charge is 0.132 e. The van der Waals surface area contributed by atoms with Crippen LogP contribution in [0.15, 0.2) is 0 Å². The number of rotatable bonds is 1. The molecule has 2 heterocycles. The number of hydrogen-bond acceptors (Lipinski definition) is 3. The van der Waals surface area contributed by atoms with E-state index < -0.39 is 0 Å². The molecule has 84 valence electrons. The molecule has 0 aromatic rings. The number of nitrogens with one attached hydrogen (secondary N) is 1. The maximum Gasteiger partial charge on any atom is 0.132 e. The molecular weight excluding hydrogens is 200 g/mol. The molecule has 14 heavy (non-hydrogen) atoms. The first-order valence-electron chi connectivity index (χ1n) is 5.24. The van der Waals surface area contributed by atoms with Gasteiger partial charge in [0.05, 0.1) is 12.6 Å². The summed E-state index contributed by atoms with van der Waals surface area (Å²) in [6, 6.07) is 1.05. The minimum Gasteiger partial charge on any atom is -0.358 e. The lowest BCUT2D eigenvalue weighted by atomic mass is 10.0. The molecule has 0 spiro atoms. The molecule has 0 bridgehead atoms. The first-order valence-corrected chi connectivity index (χ1v) is 5.24. The largest absolute Gasteiger partial charge is 0.358 e. The van der Waals surface area contributed by atoms with Crippen molar-refractivity contribution in [1.82, 2.24) is 10.2 Å². The Morgan fingerprint density at radius 3 is 2.64 bits per heavy atom. The molecule has 0 aromatic carbocycles. The third-order valence-electron chi connectivity index (χ3n) is 3.32. The van der Waals surface area contributed by atoms with Crippen molar-refractivity contribution in [2.75, 3.05) is 20.2 Å². The summed E-state index contributed by atoms with van der Waals surface area (Å²) in [7, 11) is 2.19. The van der Waals surface area contributed by atoms with Crippen LogP contribution in [0.1, 0.15) is 26.7 Å². The molecule has 0 aliphatic carbocycles. The standard InChI is InChI=1S/C10H20N2O.ClH/c1-8-7-13-10(2,11-8)9-5-4-6-12(9)3;/h8-9,11H,4-7H2,1-3H3;1H. The molecule has 3 unspecified atom stereocenters. The molecule has 2 aliphatic heterocycles. The Bertz CT molecular complexity index is 203. The molecule has 4 heteroatoms. The molecule has 0 saturated carbocycles. The van der Waals surface area contributed by atoms with Gasteiger partial charge in [0.2, 0.25) is 0 Å². The van der Waals surface area contributed by atoms with Crippen molar-refractivity contribution < 1.29 is 4.74 Å². The first kappa shape index (κ1) is 12.2. The Labute approximate surface area is 92.6 Å². The van der Waals surface area contributed by atoms with Crippen LogP contribution in [0.3, 0.4) is 0 Å². The highest BCUT2D eigenvalue weighted by Gasteiger charge is 2.44. The van der Waals surface area contributed by atoms with Crippen LogP contribution in [0.25, 0.3) is 0 Å². The second kappa shape index (κ2) is 4.35. The quantitative estimate of drug-likeness (QED) is 0.720. The van der Waals surface area contributed by atoms with Crippen LogP contribution in [-0.4, -0.2) is 42.9 Å². The third-order valence-corrected chi connectivity index (χ3v) is 3.32. The highest BCUT2D eigenvalue weighted by atomic mass is 35.5. The van der Waals surface area contributed by atoms with Crippen LogP contribution in [-0.2, 0) is 4.74 Å². The highest BCUT2D eigenvalue weighted by Crippen LogP contribution is 2.29. The van der Waals surface area contributed by atoms with Crippen LogP contribution in [0.2, 0.25) is 0 Å². The molecule has 1 N–H and O–H groups in total. The summed E-state index contributed by atoms with van der Waals surface area (Å²) in [6.07, 6.45) is 2.56. The van der Waals surface area contributed by atoms with Crippen LogP contribution in [0.5, 0.6) is 0 Å². The van der Waals surface area contributed by atoms with Gasteiger partial charge in [0, 0.05) is 6.04 Å². The van der Waals surface area contributed by atoms with Crippen LogP contribution < -0.4 is 5.32 Å². The third kappa shape index (κ3) is 2.06. The van der Waals surface area contributed by atoms with Gasteiger partial charge in [0.25, 0.3) is 0 Å². The summed E-state index contributed by atoms with van der Waals surface area (Å²) in [5.74, 6) is 0. The molecule has 2 fully saturated rings. The van der Waals surface area contributed by atoms with E-state index in [1.807, 2.05) is 0 Å². The average molecular weight is 221 g/mol. The van der Waals surface area contributed by atoms with E-state index >= 15 is 0 Å². The summed E-state index contributed by atoms with van der Waals surface area (Å²) in [6.45, 7) is 6.42. The number of ether oxygens (including phenoxy) is 1.